The maximum Gasteiger partial charge on any atom is 0.140 e. The summed E-state index contributed by atoms with van der Waals surface area (Å²) in [7, 11) is 0. The Morgan fingerprint density at radius 1 is 1.24 bits per heavy atom. The third-order valence-corrected chi connectivity index (χ3v) is 4.52. The molecule has 0 saturated heterocycles. The van der Waals surface area contributed by atoms with Crippen molar-refractivity contribution in [2.24, 2.45) is 0 Å². The SMILES string of the molecule is Cc1cccc(OCc2nc(C(C)(C)C)c(CO)s2)c1C. The maximum atomic E-state index is 9.49. The van der Waals surface area contributed by atoms with E-state index in [4.69, 9.17) is 4.74 Å². The van der Waals surface area contributed by atoms with E-state index in [1.54, 1.807) is 0 Å². The number of thiazole rings is 1. The molecule has 0 aliphatic rings. The molecule has 1 N–H and O–H groups in total. The summed E-state index contributed by atoms with van der Waals surface area (Å²) in [6, 6.07) is 6.06. The fraction of sp³-hybridized carbons (Fsp3) is 0.471. The zero-order valence-electron chi connectivity index (χ0n) is 13.4. The van der Waals surface area contributed by atoms with Crippen molar-refractivity contribution in [2.75, 3.05) is 0 Å². The number of hydrogen-bond donors (Lipinski definition) is 1. The lowest BCUT2D eigenvalue weighted by atomic mass is 9.91. The first-order valence-corrected chi connectivity index (χ1v) is 7.93. The van der Waals surface area contributed by atoms with Gasteiger partial charge in [0.05, 0.1) is 17.2 Å². The van der Waals surface area contributed by atoms with Crippen molar-refractivity contribution < 1.29 is 9.84 Å². The van der Waals surface area contributed by atoms with Crippen molar-refractivity contribution in [2.45, 2.75) is 53.2 Å². The topological polar surface area (TPSA) is 42.4 Å². The lowest BCUT2D eigenvalue weighted by Gasteiger charge is -2.16. The van der Waals surface area contributed by atoms with Crippen LogP contribution < -0.4 is 4.74 Å². The number of ether oxygens (including phenoxy) is 1. The van der Waals surface area contributed by atoms with Gasteiger partial charge in [-0.05, 0) is 31.0 Å². The van der Waals surface area contributed by atoms with Crippen LogP contribution in [0.2, 0.25) is 0 Å². The number of aliphatic hydroxyl groups excluding tert-OH is 1. The highest BCUT2D eigenvalue weighted by atomic mass is 32.1. The van der Waals surface area contributed by atoms with Crippen LogP contribution in [0.3, 0.4) is 0 Å². The number of benzene rings is 1. The molecule has 0 unspecified atom stereocenters. The van der Waals surface area contributed by atoms with Crippen molar-refractivity contribution in [1.82, 2.24) is 4.98 Å². The number of rotatable bonds is 4. The van der Waals surface area contributed by atoms with Crippen LogP contribution in [0.1, 0.15) is 47.5 Å². The highest BCUT2D eigenvalue weighted by Gasteiger charge is 2.23. The van der Waals surface area contributed by atoms with Crippen molar-refractivity contribution in [1.29, 1.82) is 0 Å². The number of aryl methyl sites for hydroxylation is 1. The molecule has 0 spiro atoms. The van der Waals surface area contributed by atoms with E-state index in [1.807, 2.05) is 12.1 Å². The molecule has 0 atom stereocenters. The fourth-order valence-corrected chi connectivity index (χ4v) is 3.23. The number of aromatic nitrogens is 1. The first-order chi connectivity index (χ1) is 9.82. The summed E-state index contributed by atoms with van der Waals surface area (Å²) in [5.41, 5.74) is 3.28. The molecule has 114 valence electrons. The van der Waals surface area contributed by atoms with Gasteiger partial charge in [0.25, 0.3) is 0 Å². The van der Waals surface area contributed by atoms with Gasteiger partial charge < -0.3 is 9.84 Å². The van der Waals surface area contributed by atoms with E-state index in [0.29, 0.717) is 6.61 Å². The Hall–Kier alpha value is -1.39. The average molecular weight is 305 g/mol. The summed E-state index contributed by atoms with van der Waals surface area (Å²) in [6.45, 7) is 10.9. The molecule has 0 radical (unpaired) electrons. The standard InChI is InChI=1S/C17H23NO2S/c1-11-7-6-8-13(12(11)2)20-10-15-18-16(17(3,4)5)14(9-19)21-15/h6-8,19H,9-10H2,1-5H3. The summed E-state index contributed by atoms with van der Waals surface area (Å²) < 4.78 is 5.90. The summed E-state index contributed by atoms with van der Waals surface area (Å²) in [5.74, 6) is 0.896. The fourth-order valence-electron chi connectivity index (χ4n) is 2.18. The van der Waals surface area contributed by atoms with Crippen LogP contribution in [-0.2, 0) is 18.6 Å². The van der Waals surface area contributed by atoms with Gasteiger partial charge in [-0.15, -0.1) is 11.3 Å². The van der Waals surface area contributed by atoms with E-state index in [2.05, 4.69) is 45.7 Å². The molecule has 1 aromatic carbocycles. The molecule has 4 heteroatoms. The molecule has 0 amide bonds. The minimum atomic E-state index is -0.0634. The Kier molecular flexibility index (Phi) is 4.69. The second-order valence-corrected chi connectivity index (χ2v) is 7.44. The predicted octanol–water partition coefficient (Wildman–Crippen LogP) is 4.13. The van der Waals surface area contributed by atoms with Crippen LogP contribution >= 0.6 is 11.3 Å². The predicted molar refractivity (Wildman–Crippen MR) is 87.0 cm³/mol. The molecular weight excluding hydrogens is 282 g/mol. The van der Waals surface area contributed by atoms with Gasteiger partial charge in [0.2, 0.25) is 0 Å². The summed E-state index contributed by atoms with van der Waals surface area (Å²) in [4.78, 5) is 5.59. The Labute approximate surface area is 130 Å². The largest absolute Gasteiger partial charge is 0.486 e. The minimum absolute atomic E-state index is 0.0355. The van der Waals surface area contributed by atoms with Gasteiger partial charge in [-0.25, -0.2) is 4.98 Å². The third-order valence-electron chi connectivity index (χ3n) is 3.50. The van der Waals surface area contributed by atoms with E-state index < -0.39 is 0 Å². The zero-order valence-corrected chi connectivity index (χ0v) is 14.2. The van der Waals surface area contributed by atoms with Crippen LogP contribution in [0.5, 0.6) is 5.75 Å². The second-order valence-electron chi connectivity index (χ2n) is 6.27. The first kappa shape index (κ1) is 16.0. The highest BCUT2D eigenvalue weighted by molar-refractivity contribution is 7.11. The molecule has 0 bridgehead atoms. The van der Waals surface area contributed by atoms with Crippen molar-refractivity contribution in [3.63, 3.8) is 0 Å². The quantitative estimate of drug-likeness (QED) is 0.923. The van der Waals surface area contributed by atoms with E-state index >= 15 is 0 Å². The maximum absolute atomic E-state index is 9.49. The Morgan fingerprint density at radius 2 is 1.95 bits per heavy atom. The highest BCUT2D eigenvalue weighted by Crippen LogP contribution is 2.30. The normalized spacial score (nSPS) is 11.7. The molecule has 2 aromatic rings. The van der Waals surface area contributed by atoms with Crippen LogP contribution in [0.15, 0.2) is 18.2 Å². The van der Waals surface area contributed by atoms with Crippen molar-refractivity contribution in [3.8, 4) is 5.75 Å². The zero-order chi connectivity index (χ0) is 15.6. The van der Waals surface area contributed by atoms with Crippen LogP contribution in [0.25, 0.3) is 0 Å². The van der Waals surface area contributed by atoms with E-state index in [1.165, 1.54) is 16.9 Å². The smallest absolute Gasteiger partial charge is 0.140 e. The Balaban J connectivity index is 2.17. The molecule has 2 rings (SSSR count). The monoisotopic (exact) mass is 305 g/mol. The molecule has 0 aliphatic heterocycles. The van der Waals surface area contributed by atoms with Gasteiger partial charge in [-0.1, -0.05) is 32.9 Å². The molecule has 1 heterocycles. The van der Waals surface area contributed by atoms with Gasteiger partial charge in [-0.2, -0.15) is 0 Å². The molecule has 0 saturated carbocycles. The van der Waals surface area contributed by atoms with Crippen LogP contribution in [-0.4, -0.2) is 10.1 Å². The van der Waals surface area contributed by atoms with Gasteiger partial charge in [-0.3, -0.25) is 0 Å². The van der Waals surface area contributed by atoms with E-state index in [9.17, 15) is 5.11 Å². The molecule has 0 aliphatic carbocycles. The summed E-state index contributed by atoms with van der Waals surface area (Å²) in [6.07, 6.45) is 0. The van der Waals surface area contributed by atoms with Gasteiger partial charge in [0.1, 0.15) is 17.4 Å². The van der Waals surface area contributed by atoms with Crippen LogP contribution in [0.4, 0.5) is 0 Å². The first-order valence-electron chi connectivity index (χ1n) is 7.12. The Morgan fingerprint density at radius 3 is 2.52 bits per heavy atom. The van der Waals surface area contributed by atoms with E-state index in [-0.39, 0.29) is 12.0 Å². The molecular formula is C17H23NO2S. The minimum Gasteiger partial charge on any atom is -0.486 e. The lowest BCUT2D eigenvalue weighted by Crippen LogP contribution is -2.14. The lowest BCUT2D eigenvalue weighted by molar-refractivity contribution is 0.282. The number of nitrogens with zero attached hydrogens (tertiary/aromatic N) is 1. The third kappa shape index (κ3) is 3.63. The van der Waals surface area contributed by atoms with Crippen LogP contribution in [0, 0.1) is 13.8 Å². The molecule has 21 heavy (non-hydrogen) atoms. The van der Waals surface area contributed by atoms with Crippen molar-refractivity contribution >= 4 is 11.3 Å². The van der Waals surface area contributed by atoms with E-state index in [0.717, 1.165) is 26.9 Å². The molecule has 0 fully saturated rings. The van der Waals surface area contributed by atoms with Gasteiger partial charge in [0.15, 0.2) is 0 Å². The molecule has 1 aromatic heterocycles. The second kappa shape index (κ2) is 6.16. The Bertz CT molecular complexity index is 626. The van der Waals surface area contributed by atoms with Crippen molar-refractivity contribution in [3.05, 3.63) is 44.9 Å². The summed E-state index contributed by atoms with van der Waals surface area (Å²) in [5, 5.41) is 10.4. The van der Waals surface area contributed by atoms with Gasteiger partial charge >= 0.3 is 0 Å². The van der Waals surface area contributed by atoms with Gasteiger partial charge in [0, 0.05) is 5.41 Å². The number of hydrogen-bond acceptors (Lipinski definition) is 4. The number of aliphatic hydroxyl groups is 1. The summed E-state index contributed by atoms with van der Waals surface area (Å²) >= 11 is 1.53. The molecule has 3 nitrogen and oxygen atoms in total. The average Bonchev–Trinajstić information content (AvgIpc) is 2.84.